The highest BCUT2D eigenvalue weighted by atomic mass is 16.5. The lowest BCUT2D eigenvalue weighted by molar-refractivity contribution is -0.129. The van der Waals surface area contributed by atoms with Crippen LogP contribution in [0.3, 0.4) is 0 Å². The Labute approximate surface area is 134 Å². The van der Waals surface area contributed by atoms with Crippen LogP contribution in [0.25, 0.3) is 0 Å². The zero-order chi connectivity index (χ0) is 17.4. The first-order valence-corrected chi connectivity index (χ1v) is 7.55. The second-order valence-electron chi connectivity index (χ2n) is 4.34. The van der Waals surface area contributed by atoms with Gasteiger partial charge in [0.2, 0.25) is 0 Å². The number of anilines is 1. The molecule has 1 aromatic carbocycles. The molecule has 0 aliphatic carbocycles. The van der Waals surface area contributed by atoms with Gasteiger partial charge < -0.3 is 14.8 Å². The zero-order valence-electron chi connectivity index (χ0n) is 14.5. The Morgan fingerprint density at radius 1 is 1.27 bits per heavy atom. The number of hydrogen-bond acceptors (Lipinski definition) is 5. The maximum atomic E-state index is 11.4. The Bertz CT molecular complexity index is 405. The number of hydrogen-bond donors (Lipinski definition) is 1. The van der Waals surface area contributed by atoms with E-state index in [2.05, 4.69) is 10.1 Å². The van der Waals surface area contributed by atoms with E-state index in [1.54, 1.807) is 20.0 Å². The summed E-state index contributed by atoms with van der Waals surface area (Å²) in [6, 6.07) is 7.26. The zero-order valence-corrected chi connectivity index (χ0v) is 14.5. The quantitative estimate of drug-likeness (QED) is 0.640. The average molecular weight is 311 g/mol. The lowest BCUT2D eigenvalue weighted by Crippen LogP contribution is -2.07. The summed E-state index contributed by atoms with van der Waals surface area (Å²) < 4.78 is 9.31. The summed E-state index contributed by atoms with van der Waals surface area (Å²) in [5.74, 6) is 0.164. The van der Waals surface area contributed by atoms with Crippen LogP contribution in [-0.4, -0.2) is 32.7 Å². The summed E-state index contributed by atoms with van der Waals surface area (Å²) in [6.45, 7) is 11.2. The molecule has 0 heterocycles. The molecule has 1 rings (SSSR count). The number of benzene rings is 1. The van der Waals surface area contributed by atoms with Gasteiger partial charge in [0.05, 0.1) is 18.8 Å². The molecule has 126 valence electrons. The smallest absolute Gasteiger partial charge is 0.340 e. The van der Waals surface area contributed by atoms with Crippen LogP contribution in [0, 0.1) is 5.92 Å². The maximum absolute atomic E-state index is 11.4. The Balaban J connectivity index is 0. The molecular weight excluding hydrogens is 282 g/mol. The molecule has 1 N–H and O–H groups in total. The molecule has 0 aliphatic rings. The lowest BCUT2D eigenvalue weighted by Gasteiger charge is -2.06. The van der Waals surface area contributed by atoms with E-state index < -0.39 is 0 Å². The Morgan fingerprint density at radius 2 is 1.86 bits per heavy atom. The summed E-state index contributed by atoms with van der Waals surface area (Å²) >= 11 is 0. The third-order valence-corrected chi connectivity index (χ3v) is 2.19. The first-order valence-electron chi connectivity index (χ1n) is 7.55. The molecule has 0 amide bonds. The van der Waals surface area contributed by atoms with Gasteiger partial charge in [-0.05, 0) is 25.0 Å². The van der Waals surface area contributed by atoms with Crippen LogP contribution in [0.15, 0.2) is 24.3 Å². The van der Waals surface area contributed by atoms with Gasteiger partial charge in [-0.2, -0.15) is 0 Å². The summed E-state index contributed by atoms with van der Waals surface area (Å²) in [5.41, 5.74) is 1.37. The Kier molecular flexibility index (Phi) is 15.5. The van der Waals surface area contributed by atoms with Gasteiger partial charge in [-0.25, -0.2) is 4.79 Å². The van der Waals surface area contributed by atoms with Gasteiger partial charge >= 0.3 is 5.97 Å². The van der Waals surface area contributed by atoms with Crippen molar-refractivity contribution in [2.75, 3.05) is 25.6 Å². The van der Waals surface area contributed by atoms with E-state index in [9.17, 15) is 9.59 Å². The van der Waals surface area contributed by atoms with Crippen molar-refractivity contribution < 1.29 is 19.1 Å². The molecule has 0 saturated heterocycles. The predicted octanol–water partition coefficient (Wildman–Crippen LogP) is 3.75. The molecule has 0 aromatic heterocycles. The number of esters is 1. The van der Waals surface area contributed by atoms with Crippen molar-refractivity contribution in [3.63, 3.8) is 0 Å². The van der Waals surface area contributed by atoms with E-state index in [-0.39, 0.29) is 5.97 Å². The first-order chi connectivity index (χ1) is 10.6. The van der Waals surface area contributed by atoms with Crippen LogP contribution in [-0.2, 0) is 14.3 Å². The Morgan fingerprint density at radius 3 is 2.27 bits per heavy atom. The first kappa shape index (κ1) is 22.2. The third kappa shape index (κ3) is 10.7. The van der Waals surface area contributed by atoms with Crippen LogP contribution in [0.2, 0.25) is 0 Å². The molecule has 0 bridgehead atoms. The summed E-state index contributed by atoms with van der Waals surface area (Å²) in [5, 5.41) is 2.93. The number of carbonyl (C=O) groups excluding carboxylic acids is 2. The fraction of sp³-hybridized carbons (Fsp3) is 0.529. The van der Waals surface area contributed by atoms with E-state index in [0.717, 1.165) is 5.69 Å². The van der Waals surface area contributed by atoms with Crippen molar-refractivity contribution >= 4 is 18.1 Å². The van der Waals surface area contributed by atoms with Crippen LogP contribution in [0.5, 0.6) is 0 Å². The van der Waals surface area contributed by atoms with Gasteiger partial charge in [0.15, 0.2) is 0 Å². The second-order valence-corrected chi connectivity index (χ2v) is 4.34. The number of ether oxygens (including phenoxy) is 2. The molecule has 0 saturated carbocycles. The second kappa shape index (κ2) is 15.4. The fourth-order valence-electron chi connectivity index (χ4n) is 1.32. The van der Waals surface area contributed by atoms with Crippen molar-refractivity contribution in [1.82, 2.24) is 0 Å². The topological polar surface area (TPSA) is 64.6 Å². The van der Waals surface area contributed by atoms with E-state index in [1.807, 2.05) is 45.9 Å². The van der Waals surface area contributed by atoms with E-state index >= 15 is 0 Å². The van der Waals surface area contributed by atoms with Gasteiger partial charge in [0.1, 0.15) is 0 Å². The molecule has 0 spiro atoms. The molecule has 22 heavy (non-hydrogen) atoms. The van der Waals surface area contributed by atoms with Gasteiger partial charge in [-0.15, -0.1) is 0 Å². The molecule has 5 nitrogen and oxygen atoms in total. The minimum absolute atomic E-state index is 0.285. The molecule has 0 atom stereocenters. The average Bonchev–Trinajstić information content (AvgIpc) is 2.55. The summed E-state index contributed by atoms with van der Waals surface area (Å²) in [4.78, 5) is 20.8. The number of rotatable bonds is 6. The largest absolute Gasteiger partial charge is 0.468 e. The van der Waals surface area contributed by atoms with Crippen LogP contribution in [0.4, 0.5) is 5.69 Å². The minimum Gasteiger partial charge on any atom is -0.468 e. The van der Waals surface area contributed by atoms with E-state index in [4.69, 9.17) is 4.74 Å². The van der Waals surface area contributed by atoms with Crippen molar-refractivity contribution in [3.8, 4) is 0 Å². The maximum Gasteiger partial charge on any atom is 0.340 e. The lowest BCUT2D eigenvalue weighted by atomic mass is 10.2. The standard InChI is InChI=1S/C10H13NO2.C5H10O2.C2H6/c1-3-13-10(12)8-6-4-5-7-9(8)11-2;1-5(2)3-7-4-6;1-2/h4-7,11H,3H2,1-2H3;4-5H,3H2,1-2H3;1-2H3. The van der Waals surface area contributed by atoms with Crippen molar-refractivity contribution in [2.24, 2.45) is 5.92 Å². The van der Waals surface area contributed by atoms with Gasteiger partial charge in [0.25, 0.3) is 6.47 Å². The monoisotopic (exact) mass is 311 g/mol. The molecule has 0 radical (unpaired) electrons. The molecule has 0 fully saturated rings. The molecule has 0 aliphatic heterocycles. The SMILES string of the molecule is CC.CC(C)COC=O.CCOC(=O)c1ccccc1NC. The summed E-state index contributed by atoms with van der Waals surface area (Å²) in [7, 11) is 1.78. The number of carbonyl (C=O) groups is 2. The normalized spacial score (nSPS) is 8.68. The molecule has 1 aromatic rings. The van der Waals surface area contributed by atoms with Gasteiger partial charge in [-0.3, -0.25) is 4.79 Å². The fourth-order valence-corrected chi connectivity index (χ4v) is 1.32. The van der Waals surface area contributed by atoms with Crippen LogP contribution < -0.4 is 5.32 Å². The predicted molar refractivity (Wildman–Crippen MR) is 90.1 cm³/mol. The Hall–Kier alpha value is -2.04. The highest BCUT2D eigenvalue weighted by molar-refractivity contribution is 5.95. The van der Waals surface area contributed by atoms with Crippen molar-refractivity contribution in [1.29, 1.82) is 0 Å². The molecular formula is C17H29NO4. The number of para-hydroxylation sites is 1. The number of nitrogens with one attached hydrogen (secondary N) is 1. The summed E-state index contributed by atoms with van der Waals surface area (Å²) in [6.07, 6.45) is 0. The van der Waals surface area contributed by atoms with Gasteiger partial charge in [0, 0.05) is 12.7 Å². The van der Waals surface area contributed by atoms with Crippen molar-refractivity contribution in [3.05, 3.63) is 29.8 Å². The highest BCUT2D eigenvalue weighted by Gasteiger charge is 2.09. The van der Waals surface area contributed by atoms with Crippen molar-refractivity contribution in [2.45, 2.75) is 34.6 Å². The molecule has 5 heteroatoms. The van der Waals surface area contributed by atoms with E-state index in [1.165, 1.54) is 0 Å². The van der Waals surface area contributed by atoms with E-state index in [0.29, 0.717) is 31.2 Å². The van der Waals surface area contributed by atoms with Gasteiger partial charge in [-0.1, -0.05) is 39.8 Å². The highest BCUT2D eigenvalue weighted by Crippen LogP contribution is 2.14. The minimum atomic E-state index is -0.285. The van der Waals surface area contributed by atoms with Crippen LogP contribution in [0.1, 0.15) is 45.0 Å². The molecule has 0 unspecified atom stereocenters. The third-order valence-electron chi connectivity index (χ3n) is 2.19. The van der Waals surface area contributed by atoms with Crippen LogP contribution >= 0.6 is 0 Å².